The molecule has 2 rings (SSSR count). The van der Waals surface area contributed by atoms with Crippen LogP contribution in [0.2, 0.25) is 0 Å². The van der Waals surface area contributed by atoms with Gasteiger partial charge in [-0.15, -0.1) is 0 Å². The van der Waals surface area contributed by atoms with Crippen LogP contribution in [0.4, 0.5) is 8.78 Å². The molecule has 2 nitrogen and oxygen atoms in total. The lowest BCUT2D eigenvalue weighted by Gasteiger charge is -2.24. The molecule has 17 heavy (non-hydrogen) atoms. The third kappa shape index (κ3) is 2.33. The molecule has 0 saturated carbocycles. The van der Waals surface area contributed by atoms with Crippen LogP contribution in [-0.4, -0.2) is 12.7 Å². The molecule has 1 heterocycles. The van der Waals surface area contributed by atoms with Gasteiger partial charge in [0.2, 0.25) is 0 Å². The van der Waals surface area contributed by atoms with Gasteiger partial charge in [-0.1, -0.05) is 13.0 Å². The van der Waals surface area contributed by atoms with Gasteiger partial charge in [0.05, 0.1) is 6.10 Å². The van der Waals surface area contributed by atoms with Crippen molar-refractivity contribution in [2.45, 2.75) is 31.9 Å². The van der Waals surface area contributed by atoms with Crippen LogP contribution in [0, 0.1) is 17.6 Å². The Bertz CT molecular complexity index is 377. The zero-order valence-electron chi connectivity index (χ0n) is 9.83. The standard InChI is InChI=1S/C13H17F2NO/c1-2-11-8(6-7-17-11)13(16)12-9(14)4-3-5-10(12)15/h3-5,8,11,13H,2,6-7,16H2,1H3. The number of rotatable bonds is 3. The highest BCUT2D eigenvalue weighted by molar-refractivity contribution is 5.24. The lowest BCUT2D eigenvalue weighted by atomic mass is 9.87. The van der Waals surface area contributed by atoms with E-state index in [0.717, 1.165) is 12.8 Å². The molecule has 3 atom stereocenters. The summed E-state index contributed by atoms with van der Waals surface area (Å²) in [7, 11) is 0. The minimum Gasteiger partial charge on any atom is -0.378 e. The molecule has 1 aliphatic heterocycles. The largest absolute Gasteiger partial charge is 0.378 e. The maximum absolute atomic E-state index is 13.6. The maximum atomic E-state index is 13.6. The summed E-state index contributed by atoms with van der Waals surface area (Å²) < 4.78 is 32.8. The van der Waals surface area contributed by atoms with Crippen LogP contribution in [0.25, 0.3) is 0 Å². The second-order valence-electron chi connectivity index (χ2n) is 4.43. The monoisotopic (exact) mass is 241 g/mol. The summed E-state index contributed by atoms with van der Waals surface area (Å²) >= 11 is 0. The third-order valence-electron chi connectivity index (χ3n) is 3.46. The van der Waals surface area contributed by atoms with Crippen LogP contribution >= 0.6 is 0 Å². The van der Waals surface area contributed by atoms with Crippen molar-refractivity contribution in [3.05, 3.63) is 35.4 Å². The molecular weight excluding hydrogens is 224 g/mol. The fourth-order valence-corrected chi connectivity index (χ4v) is 2.54. The summed E-state index contributed by atoms with van der Waals surface area (Å²) in [6, 6.07) is 3.21. The van der Waals surface area contributed by atoms with Gasteiger partial charge in [0, 0.05) is 24.1 Å². The van der Waals surface area contributed by atoms with E-state index < -0.39 is 17.7 Å². The Morgan fingerprint density at radius 1 is 1.41 bits per heavy atom. The smallest absolute Gasteiger partial charge is 0.130 e. The van der Waals surface area contributed by atoms with Gasteiger partial charge >= 0.3 is 0 Å². The van der Waals surface area contributed by atoms with Crippen molar-refractivity contribution in [1.82, 2.24) is 0 Å². The predicted octanol–water partition coefficient (Wildman–Crippen LogP) is 2.78. The van der Waals surface area contributed by atoms with Crippen molar-refractivity contribution in [1.29, 1.82) is 0 Å². The number of ether oxygens (including phenoxy) is 1. The molecule has 94 valence electrons. The Labute approximate surface area is 99.8 Å². The quantitative estimate of drug-likeness (QED) is 0.883. The molecular formula is C13H17F2NO. The highest BCUT2D eigenvalue weighted by Gasteiger charge is 2.34. The molecule has 0 spiro atoms. The maximum Gasteiger partial charge on any atom is 0.130 e. The first kappa shape index (κ1) is 12.5. The van der Waals surface area contributed by atoms with Gasteiger partial charge < -0.3 is 10.5 Å². The molecule has 3 unspecified atom stereocenters. The van der Waals surface area contributed by atoms with Gasteiger partial charge in [0.1, 0.15) is 11.6 Å². The number of hydrogen-bond acceptors (Lipinski definition) is 2. The molecule has 1 aliphatic rings. The van der Waals surface area contributed by atoms with E-state index >= 15 is 0 Å². The molecule has 0 amide bonds. The van der Waals surface area contributed by atoms with Crippen LogP contribution in [0.5, 0.6) is 0 Å². The molecule has 1 aromatic rings. The van der Waals surface area contributed by atoms with Crippen LogP contribution in [0.1, 0.15) is 31.4 Å². The fraction of sp³-hybridized carbons (Fsp3) is 0.538. The Balaban J connectivity index is 2.27. The molecule has 0 aliphatic carbocycles. The van der Waals surface area contributed by atoms with E-state index in [1.807, 2.05) is 6.92 Å². The summed E-state index contributed by atoms with van der Waals surface area (Å²) in [6.45, 7) is 2.61. The Hall–Kier alpha value is -1.00. The van der Waals surface area contributed by atoms with E-state index in [0.29, 0.717) is 6.61 Å². The summed E-state index contributed by atoms with van der Waals surface area (Å²) in [5, 5.41) is 0. The minimum atomic E-state index is -0.636. The SMILES string of the molecule is CCC1OCCC1C(N)c1c(F)cccc1F. The predicted molar refractivity (Wildman–Crippen MR) is 61.4 cm³/mol. The highest BCUT2D eigenvalue weighted by Crippen LogP contribution is 2.35. The van der Waals surface area contributed by atoms with Crippen LogP contribution in [0.15, 0.2) is 18.2 Å². The summed E-state index contributed by atoms with van der Waals surface area (Å²) in [5.74, 6) is -1.15. The number of benzene rings is 1. The van der Waals surface area contributed by atoms with Crippen molar-refractivity contribution < 1.29 is 13.5 Å². The second-order valence-corrected chi connectivity index (χ2v) is 4.43. The van der Waals surface area contributed by atoms with Gasteiger partial charge in [0.15, 0.2) is 0 Å². The van der Waals surface area contributed by atoms with Crippen LogP contribution in [0.3, 0.4) is 0 Å². The average Bonchev–Trinajstić information content (AvgIpc) is 2.76. The van der Waals surface area contributed by atoms with Gasteiger partial charge in [0.25, 0.3) is 0 Å². The van der Waals surface area contributed by atoms with Gasteiger partial charge in [-0.2, -0.15) is 0 Å². The average molecular weight is 241 g/mol. The van der Waals surface area contributed by atoms with E-state index in [1.54, 1.807) is 0 Å². The molecule has 2 N–H and O–H groups in total. The normalized spacial score (nSPS) is 26.1. The number of halogens is 2. The van der Waals surface area contributed by atoms with Crippen molar-refractivity contribution in [2.75, 3.05) is 6.61 Å². The topological polar surface area (TPSA) is 35.2 Å². The Morgan fingerprint density at radius 2 is 2.06 bits per heavy atom. The third-order valence-corrected chi connectivity index (χ3v) is 3.46. The van der Waals surface area contributed by atoms with Crippen molar-refractivity contribution in [3.63, 3.8) is 0 Å². The molecule has 0 radical (unpaired) electrons. The van der Waals surface area contributed by atoms with E-state index in [-0.39, 0.29) is 17.6 Å². The van der Waals surface area contributed by atoms with Crippen molar-refractivity contribution in [3.8, 4) is 0 Å². The minimum absolute atomic E-state index is 0.00371. The second kappa shape index (κ2) is 5.10. The number of hydrogen-bond donors (Lipinski definition) is 1. The van der Waals surface area contributed by atoms with E-state index in [1.165, 1.54) is 18.2 Å². The van der Waals surface area contributed by atoms with Crippen LogP contribution < -0.4 is 5.73 Å². The van der Waals surface area contributed by atoms with E-state index in [9.17, 15) is 8.78 Å². The Morgan fingerprint density at radius 3 is 2.65 bits per heavy atom. The lowest BCUT2D eigenvalue weighted by molar-refractivity contribution is 0.0807. The molecule has 1 aromatic carbocycles. The first-order valence-electron chi connectivity index (χ1n) is 5.96. The molecule has 1 saturated heterocycles. The molecule has 1 fully saturated rings. The first-order valence-corrected chi connectivity index (χ1v) is 5.96. The Kier molecular flexibility index (Phi) is 3.74. The van der Waals surface area contributed by atoms with Crippen molar-refractivity contribution >= 4 is 0 Å². The zero-order valence-corrected chi connectivity index (χ0v) is 9.83. The van der Waals surface area contributed by atoms with Crippen molar-refractivity contribution in [2.24, 2.45) is 11.7 Å². The zero-order chi connectivity index (χ0) is 12.4. The van der Waals surface area contributed by atoms with Gasteiger partial charge in [-0.3, -0.25) is 0 Å². The van der Waals surface area contributed by atoms with E-state index in [4.69, 9.17) is 10.5 Å². The molecule has 0 bridgehead atoms. The van der Waals surface area contributed by atoms with Gasteiger partial charge in [-0.05, 0) is 25.0 Å². The van der Waals surface area contributed by atoms with Gasteiger partial charge in [-0.25, -0.2) is 8.78 Å². The molecule has 0 aromatic heterocycles. The summed E-state index contributed by atoms with van der Waals surface area (Å²) in [6.07, 6.45) is 1.58. The fourth-order valence-electron chi connectivity index (χ4n) is 2.54. The van der Waals surface area contributed by atoms with Crippen LogP contribution in [-0.2, 0) is 4.74 Å². The highest BCUT2D eigenvalue weighted by atomic mass is 19.1. The first-order chi connectivity index (χ1) is 8.15. The lowest BCUT2D eigenvalue weighted by Crippen LogP contribution is -2.29. The molecule has 4 heteroatoms. The number of nitrogens with two attached hydrogens (primary N) is 1. The summed E-state index contributed by atoms with van der Waals surface area (Å²) in [5.41, 5.74) is 6.00. The summed E-state index contributed by atoms with van der Waals surface area (Å²) in [4.78, 5) is 0. The van der Waals surface area contributed by atoms with E-state index in [2.05, 4.69) is 0 Å².